The molecule has 0 saturated carbocycles. The molecule has 0 aliphatic heterocycles. The van der Waals surface area contributed by atoms with E-state index in [9.17, 15) is 9.59 Å². The Labute approximate surface area is 73.2 Å². The summed E-state index contributed by atoms with van der Waals surface area (Å²) in [6, 6.07) is 0. The predicted molar refractivity (Wildman–Crippen MR) is 38.1 cm³/mol. The maximum Gasteiger partial charge on any atom is 0.506 e. The summed E-state index contributed by atoms with van der Waals surface area (Å²) in [7, 11) is 0. The first-order valence-electron chi connectivity index (χ1n) is 3.34. The third-order valence-electron chi connectivity index (χ3n) is 1.29. The SMILES string of the molecule is O=C[C@H](OC(=O)O)[C@H](O)[C@H](O)CO. The molecular weight excluding hydrogens is 184 g/mol. The number of rotatable bonds is 5. The molecule has 0 aliphatic carbocycles. The van der Waals surface area contributed by atoms with Crippen LogP contribution in [0.5, 0.6) is 0 Å². The Bertz CT molecular complexity index is 180. The fourth-order valence-corrected chi connectivity index (χ4v) is 0.621. The van der Waals surface area contributed by atoms with E-state index >= 15 is 0 Å². The van der Waals surface area contributed by atoms with Crippen molar-refractivity contribution in [3.05, 3.63) is 0 Å². The Morgan fingerprint density at radius 2 is 2.00 bits per heavy atom. The molecule has 0 rings (SSSR count). The molecule has 0 radical (unpaired) electrons. The van der Waals surface area contributed by atoms with Gasteiger partial charge in [0.25, 0.3) is 0 Å². The van der Waals surface area contributed by atoms with Crippen LogP contribution in [0.3, 0.4) is 0 Å². The molecule has 0 spiro atoms. The van der Waals surface area contributed by atoms with E-state index in [4.69, 9.17) is 20.4 Å². The highest BCUT2D eigenvalue weighted by atomic mass is 16.7. The molecule has 7 heteroatoms. The van der Waals surface area contributed by atoms with Crippen LogP contribution in [-0.2, 0) is 9.53 Å². The van der Waals surface area contributed by atoms with Crippen LogP contribution in [0.1, 0.15) is 0 Å². The number of aliphatic hydroxyl groups excluding tert-OH is 3. The minimum Gasteiger partial charge on any atom is -0.450 e. The van der Waals surface area contributed by atoms with E-state index in [1.165, 1.54) is 0 Å². The maximum atomic E-state index is 10.2. The minimum absolute atomic E-state index is 0.0255. The summed E-state index contributed by atoms with van der Waals surface area (Å²) in [5, 5.41) is 34.2. The lowest BCUT2D eigenvalue weighted by Gasteiger charge is -2.19. The maximum absolute atomic E-state index is 10.2. The predicted octanol–water partition coefficient (Wildman–Crippen LogP) is -2.04. The van der Waals surface area contributed by atoms with Gasteiger partial charge in [0, 0.05) is 0 Å². The van der Waals surface area contributed by atoms with E-state index in [1.807, 2.05) is 0 Å². The van der Waals surface area contributed by atoms with Crippen LogP contribution in [0.25, 0.3) is 0 Å². The van der Waals surface area contributed by atoms with Crippen molar-refractivity contribution in [2.24, 2.45) is 0 Å². The summed E-state index contributed by atoms with van der Waals surface area (Å²) in [4.78, 5) is 20.1. The molecule has 7 nitrogen and oxygen atoms in total. The fraction of sp³-hybridized carbons (Fsp3) is 0.667. The summed E-state index contributed by atoms with van der Waals surface area (Å²) in [5.41, 5.74) is 0. The first kappa shape index (κ1) is 11.8. The van der Waals surface area contributed by atoms with Gasteiger partial charge in [-0.1, -0.05) is 0 Å². The monoisotopic (exact) mass is 194 g/mol. The highest BCUT2D eigenvalue weighted by molar-refractivity contribution is 5.65. The lowest BCUT2D eigenvalue weighted by atomic mass is 10.1. The zero-order chi connectivity index (χ0) is 10.4. The zero-order valence-corrected chi connectivity index (χ0v) is 6.53. The second kappa shape index (κ2) is 5.46. The number of hydrogen-bond acceptors (Lipinski definition) is 6. The third-order valence-corrected chi connectivity index (χ3v) is 1.29. The normalized spacial score (nSPS) is 17.2. The van der Waals surface area contributed by atoms with Crippen LogP contribution in [0.4, 0.5) is 4.79 Å². The molecule has 76 valence electrons. The molecule has 13 heavy (non-hydrogen) atoms. The molecule has 0 heterocycles. The highest BCUT2D eigenvalue weighted by Crippen LogP contribution is 2.02. The second-order valence-corrected chi connectivity index (χ2v) is 2.22. The summed E-state index contributed by atoms with van der Waals surface area (Å²) < 4.78 is 3.91. The highest BCUT2D eigenvalue weighted by Gasteiger charge is 2.28. The quantitative estimate of drug-likeness (QED) is 0.293. The van der Waals surface area contributed by atoms with Gasteiger partial charge in [0.2, 0.25) is 0 Å². The lowest BCUT2D eigenvalue weighted by molar-refractivity contribution is -0.130. The van der Waals surface area contributed by atoms with Gasteiger partial charge in [-0.25, -0.2) is 4.79 Å². The summed E-state index contributed by atoms with van der Waals surface area (Å²) in [6.45, 7) is -0.797. The Hall–Kier alpha value is -1.18. The molecule has 3 atom stereocenters. The molecule has 0 aromatic carbocycles. The largest absolute Gasteiger partial charge is 0.506 e. The molecule has 0 aromatic rings. The van der Waals surface area contributed by atoms with Gasteiger partial charge < -0.3 is 25.2 Å². The molecule has 0 unspecified atom stereocenters. The average Bonchev–Trinajstić information content (AvgIpc) is 2.11. The average molecular weight is 194 g/mol. The first-order valence-corrected chi connectivity index (χ1v) is 3.34. The van der Waals surface area contributed by atoms with E-state index in [-0.39, 0.29) is 6.29 Å². The zero-order valence-electron chi connectivity index (χ0n) is 6.53. The Morgan fingerprint density at radius 3 is 2.31 bits per heavy atom. The van der Waals surface area contributed by atoms with Crippen molar-refractivity contribution in [3.63, 3.8) is 0 Å². The van der Waals surface area contributed by atoms with Gasteiger partial charge in [0.15, 0.2) is 12.4 Å². The number of aldehydes is 1. The second-order valence-electron chi connectivity index (χ2n) is 2.22. The number of hydrogen-bond donors (Lipinski definition) is 4. The van der Waals surface area contributed by atoms with Crippen LogP contribution in [0.15, 0.2) is 0 Å². The van der Waals surface area contributed by atoms with Crippen molar-refractivity contribution >= 4 is 12.4 Å². The van der Waals surface area contributed by atoms with Crippen LogP contribution >= 0.6 is 0 Å². The van der Waals surface area contributed by atoms with Crippen molar-refractivity contribution in [3.8, 4) is 0 Å². The summed E-state index contributed by atoms with van der Waals surface area (Å²) in [5.74, 6) is 0. The van der Waals surface area contributed by atoms with Crippen molar-refractivity contribution in [2.75, 3.05) is 6.61 Å². The van der Waals surface area contributed by atoms with Gasteiger partial charge in [-0.05, 0) is 0 Å². The number of carbonyl (C=O) groups excluding carboxylic acids is 1. The molecule has 0 saturated heterocycles. The van der Waals surface area contributed by atoms with E-state index in [1.54, 1.807) is 0 Å². The van der Waals surface area contributed by atoms with Crippen LogP contribution in [0.2, 0.25) is 0 Å². The number of carboxylic acid groups (broad SMARTS) is 1. The third kappa shape index (κ3) is 3.83. The number of ether oxygens (including phenoxy) is 1. The summed E-state index contributed by atoms with van der Waals surface area (Å²) in [6.07, 6.45) is -6.80. The molecule has 0 bridgehead atoms. The van der Waals surface area contributed by atoms with E-state index in [2.05, 4.69) is 4.74 Å². The van der Waals surface area contributed by atoms with E-state index in [0.29, 0.717) is 0 Å². The van der Waals surface area contributed by atoms with Crippen molar-refractivity contribution in [1.82, 2.24) is 0 Å². The van der Waals surface area contributed by atoms with Gasteiger partial charge in [0.1, 0.15) is 12.2 Å². The van der Waals surface area contributed by atoms with Gasteiger partial charge >= 0.3 is 6.16 Å². The summed E-state index contributed by atoms with van der Waals surface area (Å²) >= 11 is 0. The Morgan fingerprint density at radius 1 is 1.46 bits per heavy atom. The number of aliphatic hydroxyl groups is 3. The molecule has 0 amide bonds. The molecule has 0 fully saturated rings. The van der Waals surface area contributed by atoms with E-state index in [0.717, 1.165) is 0 Å². The van der Waals surface area contributed by atoms with Crippen molar-refractivity contribution in [2.45, 2.75) is 18.3 Å². The topological polar surface area (TPSA) is 124 Å². The van der Waals surface area contributed by atoms with Gasteiger partial charge in [0.05, 0.1) is 6.61 Å². The van der Waals surface area contributed by atoms with E-state index < -0.39 is 31.1 Å². The van der Waals surface area contributed by atoms with Crippen LogP contribution in [-0.4, -0.2) is 57.8 Å². The molecule has 0 aliphatic rings. The first-order chi connectivity index (χ1) is 6.02. The smallest absolute Gasteiger partial charge is 0.450 e. The standard InChI is InChI=1S/C6H10O7/c7-1-3(9)5(10)4(2-8)13-6(11)12/h2-5,7,9-10H,1H2,(H,11,12)/t3-,4+,5-/m1/s1. The Kier molecular flexibility index (Phi) is 4.97. The Balaban J connectivity index is 4.21. The molecule has 0 aromatic heterocycles. The van der Waals surface area contributed by atoms with Gasteiger partial charge in [-0.2, -0.15) is 0 Å². The lowest BCUT2D eigenvalue weighted by Crippen LogP contribution is -2.42. The molecule has 4 N–H and O–H groups in total. The van der Waals surface area contributed by atoms with Gasteiger partial charge in [-0.3, -0.25) is 4.79 Å². The fourth-order valence-electron chi connectivity index (χ4n) is 0.621. The van der Waals surface area contributed by atoms with Crippen LogP contribution in [0, 0.1) is 0 Å². The van der Waals surface area contributed by atoms with Gasteiger partial charge in [-0.15, -0.1) is 0 Å². The van der Waals surface area contributed by atoms with Crippen LogP contribution < -0.4 is 0 Å². The van der Waals surface area contributed by atoms with Crippen molar-refractivity contribution in [1.29, 1.82) is 0 Å². The number of carbonyl (C=O) groups is 2. The van der Waals surface area contributed by atoms with Crippen molar-refractivity contribution < 1.29 is 34.8 Å². The minimum atomic E-state index is -1.77. The molecular formula is C6H10O7.